The van der Waals surface area contributed by atoms with Gasteiger partial charge in [-0.15, -0.1) is 0 Å². The fraction of sp³-hybridized carbons (Fsp3) is 0.222. The summed E-state index contributed by atoms with van der Waals surface area (Å²) in [7, 11) is 0. The summed E-state index contributed by atoms with van der Waals surface area (Å²) in [5, 5.41) is 19.1. The second-order valence-corrected chi connectivity index (χ2v) is 6.36. The summed E-state index contributed by atoms with van der Waals surface area (Å²) in [6.07, 6.45) is 1.71. The molecule has 138 valence electrons. The van der Waals surface area contributed by atoms with Crippen LogP contribution in [0.15, 0.2) is 36.5 Å². The highest BCUT2D eigenvalue weighted by atomic mass is 16.6. The molecular weight excluding hydrogens is 348 g/mol. The van der Waals surface area contributed by atoms with Crippen molar-refractivity contribution in [2.75, 3.05) is 35.2 Å². The number of carbonyl (C=O) groups is 1. The van der Waals surface area contributed by atoms with Crippen LogP contribution in [0.3, 0.4) is 0 Å². The Kier molecular flexibility index (Phi) is 3.91. The number of likely N-dealkylation sites (N-methyl/N-ethyl adjacent to an activating group) is 1. The second kappa shape index (κ2) is 6.27. The van der Waals surface area contributed by atoms with E-state index in [-0.39, 0.29) is 22.8 Å². The van der Waals surface area contributed by atoms with E-state index in [1.807, 2.05) is 30.0 Å². The summed E-state index contributed by atoms with van der Waals surface area (Å²) in [6, 6.07) is 8.39. The van der Waals surface area contributed by atoms with Gasteiger partial charge in [0.05, 0.1) is 27.9 Å². The molecule has 9 heteroatoms. The van der Waals surface area contributed by atoms with Crippen LogP contribution >= 0.6 is 0 Å². The number of aromatic nitrogens is 2. The Labute approximate surface area is 154 Å². The molecular formula is C18H18N6O3. The number of rotatable bonds is 3. The van der Waals surface area contributed by atoms with Crippen molar-refractivity contribution >= 4 is 39.6 Å². The third-order valence-corrected chi connectivity index (χ3v) is 4.87. The molecule has 1 aliphatic heterocycles. The van der Waals surface area contributed by atoms with Crippen molar-refractivity contribution in [2.45, 2.75) is 6.92 Å². The second-order valence-electron chi connectivity index (χ2n) is 6.36. The molecule has 1 aromatic heterocycles. The number of amides is 1. The zero-order valence-electron chi connectivity index (χ0n) is 14.7. The number of nitrogens with two attached hydrogens (primary N) is 1. The lowest BCUT2D eigenvalue weighted by molar-refractivity contribution is -0.383. The lowest BCUT2D eigenvalue weighted by atomic mass is 10.1. The van der Waals surface area contributed by atoms with Crippen molar-refractivity contribution in [3.05, 3.63) is 52.2 Å². The third-order valence-electron chi connectivity index (χ3n) is 4.87. The number of fused-ring (bicyclic) bond motifs is 2. The number of nitrogens with one attached hydrogen (secondary N) is 1. The largest absolute Gasteiger partial charge is 0.393 e. The third kappa shape index (κ3) is 2.73. The predicted octanol–water partition coefficient (Wildman–Crippen LogP) is 2.54. The molecule has 0 aliphatic carbocycles. The molecule has 0 fully saturated rings. The maximum absolute atomic E-state index is 13.3. The van der Waals surface area contributed by atoms with E-state index in [4.69, 9.17) is 5.73 Å². The minimum Gasteiger partial charge on any atom is -0.393 e. The Hall–Kier alpha value is -3.62. The van der Waals surface area contributed by atoms with Gasteiger partial charge in [0, 0.05) is 36.8 Å². The minimum atomic E-state index is -0.564. The summed E-state index contributed by atoms with van der Waals surface area (Å²) >= 11 is 0. The number of carbonyl (C=O) groups excluding carboxylic acids is 1. The number of hydrogen-bond acceptors (Lipinski definition) is 6. The molecule has 1 aliphatic rings. The van der Waals surface area contributed by atoms with E-state index in [1.54, 1.807) is 11.1 Å². The normalized spacial score (nSPS) is 14.3. The van der Waals surface area contributed by atoms with Crippen LogP contribution < -0.4 is 15.5 Å². The number of nitrogen functional groups attached to an aromatic ring is 1. The zero-order chi connectivity index (χ0) is 19.1. The first-order valence-corrected chi connectivity index (χ1v) is 8.57. The molecule has 27 heavy (non-hydrogen) atoms. The summed E-state index contributed by atoms with van der Waals surface area (Å²) in [5.41, 5.74) is 8.07. The van der Waals surface area contributed by atoms with Gasteiger partial charge in [-0.05, 0) is 31.2 Å². The summed E-state index contributed by atoms with van der Waals surface area (Å²) in [5.74, 6) is -0.289. The van der Waals surface area contributed by atoms with E-state index in [0.717, 1.165) is 10.9 Å². The van der Waals surface area contributed by atoms with Gasteiger partial charge in [0.15, 0.2) is 0 Å². The standard InChI is InChI=1S/C18H18N6O3/c1-2-22-5-6-23(12-4-3-11-10-20-21-15(11)7-12)18(25)13-8-17(24(26)27)14(19)9-16(13)22/h3-4,7-10H,2,5-6,19H2,1H3,(H,20,21). The molecule has 0 saturated carbocycles. The van der Waals surface area contributed by atoms with E-state index in [0.29, 0.717) is 31.0 Å². The number of hydrogen-bond donors (Lipinski definition) is 2. The Bertz CT molecular complexity index is 1060. The smallest absolute Gasteiger partial charge is 0.293 e. The number of nitrogens with zero attached hydrogens (tertiary/aromatic N) is 4. The van der Waals surface area contributed by atoms with Crippen LogP contribution in [0.2, 0.25) is 0 Å². The Morgan fingerprint density at radius 3 is 2.85 bits per heavy atom. The highest BCUT2D eigenvalue weighted by Crippen LogP contribution is 2.35. The van der Waals surface area contributed by atoms with Gasteiger partial charge in [0.25, 0.3) is 11.6 Å². The summed E-state index contributed by atoms with van der Waals surface area (Å²) < 4.78 is 0. The highest BCUT2D eigenvalue weighted by Gasteiger charge is 2.30. The van der Waals surface area contributed by atoms with E-state index in [2.05, 4.69) is 10.2 Å². The zero-order valence-corrected chi connectivity index (χ0v) is 14.7. The van der Waals surface area contributed by atoms with Crippen LogP contribution in [0.25, 0.3) is 10.9 Å². The number of nitro benzene ring substituents is 1. The molecule has 9 nitrogen and oxygen atoms in total. The molecule has 0 atom stereocenters. The van der Waals surface area contributed by atoms with Crippen LogP contribution in [-0.2, 0) is 0 Å². The molecule has 0 radical (unpaired) electrons. The lowest BCUT2D eigenvalue weighted by Crippen LogP contribution is -2.34. The topological polar surface area (TPSA) is 121 Å². The molecule has 1 amide bonds. The van der Waals surface area contributed by atoms with E-state index in [1.165, 1.54) is 12.1 Å². The van der Waals surface area contributed by atoms with Gasteiger partial charge in [-0.1, -0.05) is 0 Å². The fourth-order valence-corrected chi connectivity index (χ4v) is 3.44. The van der Waals surface area contributed by atoms with Crippen LogP contribution in [-0.4, -0.2) is 40.7 Å². The number of aromatic amines is 1. The molecule has 3 aromatic rings. The minimum absolute atomic E-state index is 0.0531. The van der Waals surface area contributed by atoms with Gasteiger partial charge in [0.1, 0.15) is 5.69 Å². The molecule has 0 saturated heterocycles. The van der Waals surface area contributed by atoms with Gasteiger partial charge in [-0.3, -0.25) is 20.0 Å². The SMILES string of the molecule is CCN1CCN(c2ccc3cn[nH]c3c2)C(=O)c2cc([N+](=O)[O-])c(N)cc21. The van der Waals surface area contributed by atoms with Crippen molar-refractivity contribution in [3.63, 3.8) is 0 Å². The fourth-order valence-electron chi connectivity index (χ4n) is 3.44. The van der Waals surface area contributed by atoms with Gasteiger partial charge < -0.3 is 15.5 Å². The quantitative estimate of drug-likeness (QED) is 0.417. The summed E-state index contributed by atoms with van der Waals surface area (Å²) in [6.45, 7) is 3.67. The highest BCUT2D eigenvalue weighted by molar-refractivity contribution is 6.12. The van der Waals surface area contributed by atoms with Crippen molar-refractivity contribution < 1.29 is 9.72 Å². The molecule has 2 heterocycles. The molecule has 4 rings (SSSR count). The Morgan fingerprint density at radius 2 is 2.11 bits per heavy atom. The van der Waals surface area contributed by atoms with Crippen LogP contribution in [0.4, 0.5) is 22.7 Å². The Balaban J connectivity index is 1.84. The van der Waals surface area contributed by atoms with Gasteiger partial charge >= 0.3 is 0 Å². The van der Waals surface area contributed by atoms with Gasteiger partial charge in [0.2, 0.25) is 0 Å². The number of nitro groups is 1. The molecule has 2 aromatic carbocycles. The van der Waals surface area contributed by atoms with Crippen LogP contribution in [0.5, 0.6) is 0 Å². The first-order chi connectivity index (χ1) is 13.0. The molecule has 0 unspecified atom stereocenters. The number of anilines is 3. The monoisotopic (exact) mass is 366 g/mol. The predicted molar refractivity (Wildman–Crippen MR) is 103 cm³/mol. The van der Waals surface area contributed by atoms with Crippen molar-refractivity contribution in [3.8, 4) is 0 Å². The maximum atomic E-state index is 13.3. The lowest BCUT2D eigenvalue weighted by Gasteiger charge is -2.23. The van der Waals surface area contributed by atoms with Crippen molar-refractivity contribution in [1.29, 1.82) is 0 Å². The van der Waals surface area contributed by atoms with Crippen LogP contribution in [0.1, 0.15) is 17.3 Å². The van der Waals surface area contributed by atoms with Crippen molar-refractivity contribution in [2.24, 2.45) is 0 Å². The van der Waals surface area contributed by atoms with E-state index in [9.17, 15) is 14.9 Å². The average molecular weight is 366 g/mol. The van der Waals surface area contributed by atoms with Gasteiger partial charge in [-0.25, -0.2) is 0 Å². The van der Waals surface area contributed by atoms with Gasteiger partial charge in [-0.2, -0.15) is 5.10 Å². The molecule has 0 spiro atoms. The first-order valence-electron chi connectivity index (χ1n) is 8.57. The molecule has 0 bridgehead atoms. The van der Waals surface area contributed by atoms with E-state index >= 15 is 0 Å². The number of H-pyrrole nitrogens is 1. The van der Waals surface area contributed by atoms with Crippen molar-refractivity contribution in [1.82, 2.24) is 10.2 Å². The molecule has 3 N–H and O–H groups in total. The maximum Gasteiger partial charge on any atom is 0.293 e. The average Bonchev–Trinajstić information content (AvgIpc) is 3.07. The number of benzene rings is 2. The summed E-state index contributed by atoms with van der Waals surface area (Å²) in [4.78, 5) is 27.6. The van der Waals surface area contributed by atoms with Crippen LogP contribution in [0, 0.1) is 10.1 Å². The van der Waals surface area contributed by atoms with E-state index < -0.39 is 4.92 Å². The first kappa shape index (κ1) is 16.8. The Morgan fingerprint density at radius 1 is 1.30 bits per heavy atom.